The maximum absolute atomic E-state index is 12.5. The number of aromatic nitrogens is 2. The lowest BCUT2D eigenvalue weighted by molar-refractivity contribution is 0.0949. The maximum Gasteiger partial charge on any atom is 0.270 e. The number of para-hydroxylation sites is 1. The second kappa shape index (κ2) is 9.68. The molecule has 6 heteroatoms. The molecule has 150 valence electrons. The van der Waals surface area contributed by atoms with Gasteiger partial charge in [0.15, 0.2) is 0 Å². The number of rotatable bonds is 8. The molecule has 0 aliphatic heterocycles. The van der Waals surface area contributed by atoms with Gasteiger partial charge in [0.25, 0.3) is 5.91 Å². The smallest absolute Gasteiger partial charge is 0.270 e. The Morgan fingerprint density at radius 2 is 1.83 bits per heavy atom. The minimum absolute atomic E-state index is 0.236. The lowest BCUT2D eigenvalue weighted by Gasteiger charge is -2.10. The number of nitrogens with one attached hydrogen (secondary N) is 2. The molecule has 6 nitrogen and oxygen atoms in total. The van der Waals surface area contributed by atoms with Crippen molar-refractivity contribution in [2.24, 2.45) is 0 Å². The fourth-order valence-electron chi connectivity index (χ4n) is 2.94. The van der Waals surface area contributed by atoms with Crippen LogP contribution in [-0.2, 0) is 6.42 Å². The first kappa shape index (κ1) is 20.3. The van der Waals surface area contributed by atoms with Gasteiger partial charge in [-0.1, -0.05) is 44.2 Å². The molecule has 0 fully saturated rings. The number of anilines is 2. The number of amides is 1. The standard InChI is InChI=1S/C23H26N4O2/c1-16(2)17-8-10-19(11-9-17)26-23-25-15-13-20(27-23)22(28)24-14-12-18-6-4-5-7-21(18)29-3/h4-11,13,15-16H,12,14H2,1-3H3,(H,24,28)(H,25,26,27). The van der Waals surface area contributed by atoms with Crippen LogP contribution in [0.1, 0.15) is 41.4 Å². The predicted molar refractivity (Wildman–Crippen MR) is 115 cm³/mol. The predicted octanol–water partition coefficient (Wildman–Crippen LogP) is 4.32. The summed E-state index contributed by atoms with van der Waals surface area (Å²) in [6.45, 7) is 4.80. The molecular formula is C23H26N4O2. The highest BCUT2D eigenvalue weighted by Crippen LogP contribution is 2.19. The van der Waals surface area contributed by atoms with Gasteiger partial charge in [0.1, 0.15) is 11.4 Å². The lowest BCUT2D eigenvalue weighted by Crippen LogP contribution is -2.26. The molecule has 29 heavy (non-hydrogen) atoms. The number of methoxy groups -OCH3 is 1. The molecule has 3 aromatic rings. The summed E-state index contributed by atoms with van der Waals surface area (Å²) in [4.78, 5) is 21.0. The van der Waals surface area contributed by atoms with Crippen LogP contribution in [0.25, 0.3) is 0 Å². The van der Waals surface area contributed by atoms with Crippen molar-refractivity contribution in [3.63, 3.8) is 0 Å². The average molecular weight is 390 g/mol. The summed E-state index contributed by atoms with van der Waals surface area (Å²) >= 11 is 0. The molecule has 0 saturated carbocycles. The van der Waals surface area contributed by atoms with Crippen LogP contribution in [0.5, 0.6) is 5.75 Å². The zero-order valence-corrected chi connectivity index (χ0v) is 17.0. The Kier molecular flexibility index (Phi) is 6.79. The fourth-order valence-corrected chi connectivity index (χ4v) is 2.94. The second-order valence-corrected chi connectivity index (χ2v) is 6.98. The summed E-state index contributed by atoms with van der Waals surface area (Å²) in [5.74, 6) is 1.45. The van der Waals surface area contributed by atoms with E-state index in [1.54, 1.807) is 19.4 Å². The minimum atomic E-state index is -0.236. The third-order valence-electron chi connectivity index (χ3n) is 4.59. The normalized spacial score (nSPS) is 10.6. The molecule has 0 atom stereocenters. The summed E-state index contributed by atoms with van der Waals surface area (Å²) in [5, 5.41) is 6.04. The Bertz CT molecular complexity index is 955. The molecule has 0 spiro atoms. The van der Waals surface area contributed by atoms with Crippen molar-refractivity contribution in [2.75, 3.05) is 19.0 Å². The summed E-state index contributed by atoms with van der Waals surface area (Å²) in [6.07, 6.45) is 2.25. The molecule has 0 bridgehead atoms. The molecular weight excluding hydrogens is 364 g/mol. The molecule has 0 aliphatic rings. The number of carbonyl (C=O) groups is 1. The maximum atomic E-state index is 12.5. The number of nitrogens with zero attached hydrogens (tertiary/aromatic N) is 2. The molecule has 0 saturated heterocycles. The van der Waals surface area contributed by atoms with E-state index in [0.717, 1.165) is 17.0 Å². The third-order valence-corrected chi connectivity index (χ3v) is 4.59. The molecule has 0 unspecified atom stereocenters. The highest BCUT2D eigenvalue weighted by molar-refractivity contribution is 5.92. The van der Waals surface area contributed by atoms with Crippen LogP contribution in [0.2, 0.25) is 0 Å². The second-order valence-electron chi connectivity index (χ2n) is 6.98. The monoisotopic (exact) mass is 390 g/mol. The van der Waals surface area contributed by atoms with Crippen LogP contribution in [0.4, 0.5) is 11.6 Å². The van der Waals surface area contributed by atoms with E-state index >= 15 is 0 Å². The Hall–Kier alpha value is -3.41. The van der Waals surface area contributed by atoms with Crippen LogP contribution >= 0.6 is 0 Å². The Morgan fingerprint density at radius 3 is 2.55 bits per heavy atom. The number of benzene rings is 2. The molecule has 1 aromatic heterocycles. The van der Waals surface area contributed by atoms with Crippen molar-refractivity contribution in [1.29, 1.82) is 0 Å². The van der Waals surface area contributed by atoms with Gasteiger partial charge in [-0.15, -0.1) is 0 Å². The van der Waals surface area contributed by atoms with E-state index in [1.165, 1.54) is 5.56 Å². The van der Waals surface area contributed by atoms with Gasteiger partial charge in [0.05, 0.1) is 7.11 Å². The average Bonchev–Trinajstić information content (AvgIpc) is 2.74. The highest BCUT2D eigenvalue weighted by Gasteiger charge is 2.10. The first-order valence-electron chi connectivity index (χ1n) is 9.67. The van der Waals surface area contributed by atoms with Crippen LogP contribution in [0.3, 0.4) is 0 Å². The third kappa shape index (κ3) is 5.54. The highest BCUT2D eigenvalue weighted by atomic mass is 16.5. The summed E-state index contributed by atoms with van der Waals surface area (Å²) in [6, 6.07) is 17.5. The lowest BCUT2D eigenvalue weighted by atomic mass is 10.0. The topological polar surface area (TPSA) is 76.1 Å². The Balaban J connectivity index is 1.59. The van der Waals surface area contributed by atoms with Crippen molar-refractivity contribution >= 4 is 17.5 Å². The van der Waals surface area contributed by atoms with Gasteiger partial charge in [0, 0.05) is 18.4 Å². The summed E-state index contributed by atoms with van der Waals surface area (Å²) in [5.41, 5.74) is 3.51. The first-order chi connectivity index (χ1) is 14.1. The minimum Gasteiger partial charge on any atom is -0.496 e. The summed E-state index contributed by atoms with van der Waals surface area (Å²) in [7, 11) is 1.64. The van der Waals surface area contributed by atoms with Gasteiger partial charge in [-0.3, -0.25) is 4.79 Å². The molecule has 2 aromatic carbocycles. The van der Waals surface area contributed by atoms with Gasteiger partial charge in [0.2, 0.25) is 5.95 Å². The number of carbonyl (C=O) groups excluding carboxylic acids is 1. The van der Waals surface area contributed by atoms with Gasteiger partial charge in [-0.25, -0.2) is 9.97 Å². The van der Waals surface area contributed by atoms with E-state index in [-0.39, 0.29) is 5.91 Å². The van der Waals surface area contributed by atoms with E-state index in [1.807, 2.05) is 36.4 Å². The van der Waals surface area contributed by atoms with E-state index in [2.05, 4.69) is 46.6 Å². The van der Waals surface area contributed by atoms with Gasteiger partial charge in [-0.05, 0) is 47.7 Å². The SMILES string of the molecule is COc1ccccc1CCNC(=O)c1ccnc(Nc2ccc(C(C)C)cc2)n1. The van der Waals surface area contributed by atoms with Crippen LogP contribution in [-0.4, -0.2) is 29.5 Å². The van der Waals surface area contributed by atoms with E-state index in [0.29, 0.717) is 30.5 Å². The van der Waals surface area contributed by atoms with E-state index < -0.39 is 0 Å². The summed E-state index contributed by atoms with van der Waals surface area (Å²) < 4.78 is 5.34. The number of hydrogen-bond acceptors (Lipinski definition) is 5. The first-order valence-corrected chi connectivity index (χ1v) is 9.67. The Labute approximate surface area is 171 Å². The number of hydrogen-bond donors (Lipinski definition) is 2. The van der Waals surface area contributed by atoms with Crippen molar-refractivity contribution in [3.05, 3.63) is 77.6 Å². The van der Waals surface area contributed by atoms with Crippen molar-refractivity contribution in [2.45, 2.75) is 26.2 Å². The molecule has 1 heterocycles. The van der Waals surface area contributed by atoms with Crippen molar-refractivity contribution in [3.8, 4) is 5.75 Å². The molecule has 1 amide bonds. The van der Waals surface area contributed by atoms with Crippen LogP contribution in [0, 0.1) is 0 Å². The fraction of sp³-hybridized carbons (Fsp3) is 0.261. The largest absolute Gasteiger partial charge is 0.496 e. The molecule has 2 N–H and O–H groups in total. The molecule has 0 aliphatic carbocycles. The van der Waals surface area contributed by atoms with Gasteiger partial charge in [-0.2, -0.15) is 0 Å². The molecule has 0 radical (unpaired) electrons. The quantitative estimate of drug-likeness (QED) is 0.599. The molecule has 3 rings (SSSR count). The zero-order valence-electron chi connectivity index (χ0n) is 17.0. The van der Waals surface area contributed by atoms with Crippen molar-refractivity contribution < 1.29 is 9.53 Å². The van der Waals surface area contributed by atoms with Gasteiger partial charge >= 0.3 is 0 Å². The van der Waals surface area contributed by atoms with Crippen molar-refractivity contribution in [1.82, 2.24) is 15.3 Å². The van der Waals surface area contributed by atoms with Crippen LogP contribution in [0.15, 0.2) is 60.8 Å². The zero-order chi connectivity index (χ0) is 20.6. The van der Waals surface area contributed by atoms with E-state index in [4.69, 9.17) is 4.74 Å². The van der Waals surface area contributed by atoms with Gasteiger partial charge < -0.3 is 15.4 Å². The van der Waals surface area contributed by atoms with Crippen LogP contribution < -0.4 is 15.4 Å². The van der Waals surface area contributed by atoms with E-state index in [9.17, 15) is 4.79 Å². The Morgan fingerprint density at radius 1 is 1.07 bits per heavy atom. The number of ether oxygens (including phenoxy) is 1.